The lowest BCUT2D eigenvalue weighted by Gasteiger charge is -2.38. The van der Waals surface area contributed by atoms with Crippen LogP contribution < -0.4 is 0 Å². The Morgan fingerprint density at radius 1 is 0.900 bits per heavy atom. The van der Waals surface area contributed by atoms with Crippen LogP contribution >= 0.6 is 0 Å². The number of hydrogen-bond acceptors (Lipinski definition) is 4. The van der Waals surface area contributed by atoms with Gasteiger partial charge in [0, 0.05) is 6.61 Å². The van der Waals surface area contributed by atoms with Gasteiger partial charge in [0.05, 0.1) is 6.04 Å². The first-order chi connectivity index (χ1) is 8.87. The van der Waals surface area contributed by atoms with Crippen molar-refractivity contribution >= 4 is 31.0 Å². The Balaban J connectivity index is 4.72. The second-order valence-electron chi connectivity index (χ2n) is 7.33. The van der Waals surface area contributed by atoms with Crippen LogP contribution in [0.1, 0.15) is 13.3 Å². The van der Waals surface area contributed by atoms with Crippen LogP contribution in [0.2, 0.25) is 51.9 Å². The van der Waals surface area contributed by atoms with E-state index in [1.807, 2.05) is 13.5 Å². The average molecular weight is 337 g/mol. The predicted octanol–water partition coefficient (Wildman–Crippen LogP) is 3.76. The van der Waals surface area contributed by atoms with Gasteiger partial charge in [-0.2, -0.15) is 0 Å². The zero-order chi connectivity index (χ0) is 16.0. The third-order valence-electron chi connectivity index (χ3n) is 2.17. The second kappa shape index (κ2) is 8.00. The number of carbonyl (C=O) groups is 1. The van der Waals surface area contributed by atoms with Crippen molar-refractivity contribution in [3.63, 3.8) is 0 Å². The fourth-order valence-electron chi connectivity index (χ4n) is 2.13. The average Bonchev–Trinajstić information content (AvgIpc) is 2.09. The van der Waals surface area contributed by atoms with Gasteiger partial charge in [0.2, 0.25) is 0 Å². The number of rotatable bonds is 10. The third-order valence-corrected chi connectivity index (χ3v) is 11.6. The van der Waals surface area contributed by atoms with Crippen LogP contribution in [0.25, 0.3) is 0 Å². The van der Waals surface area contributed by atoms with Gasteiger partial charge in [-0.15, -0.1) is 0 Å². The van der Waals surface area contributed by atoms with Gasteiger partial charge in [0.15, 0.2) is 22.4 Å². The summed E-state index contributed by atoms with van der Waals surface area (Å²) in [6, 6.07) is 0.394. The first-order valence-corrected chi connectivity index (χ1v) is 16.7. The Kier molecular flexibility index (Phi) is 8.08. The molecule has 0 atom stereocenters. The highest BCUT2D eigenvalue weighted by atomic mass is 28.5. The number of ether oxygens (including phenoxy) is 1. The topological polar surface area (TPSA) is 44.8 Å². The first kappa shape index (κ1) is 20.2. The molecule has 0 spiro atoms. The summed E-state index contributed by atoms with van der Waals surface area (Å²) in [5, 5.41) is 0. The molecule has 0 aromatic heterocycles. The van der Waals surface area contributed by atoms with Gasteiger partial charge in [0.25, 0.3) is 0 Å². The van der Waals surface area contributed by atoms with Crippen LogP contribution in [0, 0.1) is 0 Å². The summed E-state index contributed by atoms with van der Waals surface area (Å²) in [6.45, 7) is 17.7. The smallest absolute Gasteiger partial charge is 0.322 e. The minimum atomic E-state index is -2.45. The summed E-state index contributed by atoms with van der Waals surface area (Å²) in [4.78, 5) is 12.1. The maximum absolute atomic E-state index is 12.1. The van der Waals surface area contributed by atoms with Gasteiger partial charge >= 0.3 is 8.56 Å². The number of carbonyl (C=O) groups excluding carboxylic acids is 1. The molecule has 20 heavy (non-hydrogen) atoms. The molecule has 0 aromatic carbocycles. The molecular formula is C13H32O4Si3. The Hall–Kier alpha value is 0.201. The van der Waals surface area contributed by atoms with E-state index < -0.39 is 25.2 Å². The summed E-state index contributed by atoms with van der Waals surface area (Å²) in [5.41, 5.74) is 0. The van der Waals surface area contributed by atoms with Crippen LogP contribution in [-0.2, 0) is 17.8 Å². The van der Waals surface area contributed by atoms with Crippen LogP contribution in [0.5, 0.6) is 0 Å². The highest BCUT2D eigenvalue weighted by molar-refractivity contribution is 6.88. The minimum absolute atomic E-state index is 0.101. The van der Waals surface area contributed by atoms with Crippen molar-refractivity contribution in [1.29, 1.82) is 0 Å². The quantitative estimate of drug-likeness (QED) is 0.450. The summed E-state index contributed by atoms with van der Waals surface area (Å²) in [6.07, 6.45) is 0.929. The van der Waals surface area contributed by atoms with Crippen molar-refractivity contribution in [1.82, 2.24) is 0 Å². The molecule has 0 saturated heterocycles. The third kappa shape index (κ3) is 10.9. The van der Waals surface area contributed by atoms with Crippen LogP contribution in [0.3, 0.4) is 0 Å². The van der Waals surface area contributed by atoms with E-state index in [1.165, 1.54) is 0 Å². The van der Waals surface area contributed by atoms with Crippen molar-refractivity contribution in [2.24, 2.45) is 0 Å². The second-order valence-corrected chi connectivity index (χ2v) is 20.0. The lowest BCUT2D eigenvalue weighted by Crippen LogP contribution is -2.53. The van der Waals surface area contributed by atoms with Gasteiger partial charge < -0.3 is 13.0 Å². The van der Waals surface area contributed by atoms with E-state index in [1.54, 1.807) is 0 Å². The SMILES string of the molecule is CCCOCC(=O)C[Si](C)(O[Si](C)(C)C)O[Si](C)(C)C. The lowest BCUT2D eigenvalue weighted by molar-refractivity contribution is -0.121. The maximum atomic E-state index is 12.1. The Morgan fingerprint density at radius 2 is 1.35 bits per heavy atom. The maximum Gasteiger partial charge on any atom is 0.322 e. The summed E-state index contributed by atoms with van der Waals surface area (Å²) < 4.78 is 17.9. The van der Waals surface area contributed by atoms with Gasteiger partial charge in [-0.05, 0) is 52.2 Å². The molecule has 0 amide bonds. The number of ketones is 1. The largest absolute Gasteiger partial charge is 0.436 e. The first-order valence-electron chi connectivity index (χ1n) is 7.37. The molecule has 0 aromatic rings. The monoisotopic (exact) mass is 336 g/mol. The Labute approximate surface area is 127 Å². The molecule has 0 aliphatic rings. The molecule has 0 fully saturated rings. The normalized spacial score (nSPS) is 13.6. The van der Waals surface area contributed by atoms with Crippen molar-refractivity contribution in [2.45, 2.75) is 65.2 Å². The highest BCUT2D eigenvalue weighted by Gasteiger charge is 2.41. The van der Waals surface area contributed by atoms with Crippen molar-refractivity contribution in [2.75, 3.05) is 13.2 Å². The standard InChI is InChI=1S/C13H32O4Si3/c1-9-10-15-11-13(14)12-20(8,16-18(2,3)4)17-19(5,6)7/h9-12H2,1-8H3. The van der Waals surface area contributed by atoms with E-state index in [9.17, 15) is 4.79 Å². The van der Waals surface area contributed by atoms with E-state index in [4.69, 9.17) is 13.0 Å². The van der Waals surface area contributed by atoms with E-state index >= 15 is 0 Å². The van der Waals surface area contributed by atoms with Crippen molar-refractivity contribution < 1.29 is 17.8 Å². The summed E-state index contributed by atoms with van der Waals surface area (Å²) in [5.74, 6) is 0.101. The molecule has 0 N–H and O–H groups in total. The fourth-order valence-corrected chi connectivity index (χ4v) is 14.4. The minimum Gasteiger partial charge on any atom is -0.436 e. The van der Waals surface area contributed by atoms with Crippen LogP contribution in [0.4, 0.5) is 0 Å². The molecule has 0 heterocycles. The molecule has 0 unspecified atom stereocenters. The molecule has 0 rings (SSSR count). The molecule has 0 saturated carbocycles. The Bertz CT molecular complexity index is 292. The number of hydrogen-bond donors (Lipinski definition) is 0. The van der Waals surface area contributed by atoms with Gasteiger partial charge in [-0.1, -0.05) is 6.92 Å². The number of Topliss-reactive ketones (excluding diaryl/α,β-unsaturated/α-hetero) is 1. The van der Waals surface area contributed by atoms with E-state index in [0.717, 1.165) is 6.42 Å². The fraction of sp³-hybridized carbons (Fsp3) is 0.923. The molecule has 4 nitrogen and oxygen atoms in total. The molecule has 0 bridgehead atoms. The predicted molar refractivity (Wildman–Crippen MR) is 91.4 cm³/mol. The van der Waals surface area contributed by atoms with Gasteiger partial charge in [-0.25, -0.2) is 0 Å². The van der Waals surface area contributed by atoms with Crippen molar-refractivity contribution in [3.05, 3.63) is 0 Å². The molecule has 7 heteroatoms. The van der Waals surface area contributed by atoms with Gasteiger partial charge in [-0.3, -0.25) is 4.79 Å². The molecule has 0 aliphatic carbocycles. The van der Waals surface area contributed by atoms with E-state index in [-0.39, 0.29) is 12.4 Å². The zero-order valence-electron chi connectivity index (χ0n) is 14.5. The van der Waals surface area contributed by atoms with Crippen molar-refractivity contribution in [3.8, 4) is 0 Å². The zero-order valence-corrected chi connectivity index (χ0v) is 17.5. The molecule has 0 radical (unpaired) electrons. The molecule has 120 valence electrons. The van der Waals surface area contributed by atoms with Crippen LogP contribution in [0.15, 0.2) is 0 Å². The molecule has 0 aliphatic heterocycles. The molecular weight excluding hydrogens is 304 g/mol. The highest BCUT2D eigenvalue weighted by Crippen LogP contribution is 2.24. The van der Waals surface area contributed by atoms with Gasteiger partial charge in [0.1, 0.15) is 6.61 Å². The van der Waals surface area contributed by atoms with E-state index in [2.05, 4.69) is 39.3 Å². The summed E-state index contributed by atoms with van der Waals surface area (Å²) in [7, 11) is -5.91. The summed E-state index contributed by atoms with van der Waals surface area (Å²) >= 11 is 0. The van der Waals surface area contributed by atoms with E-state index in [0.29, 0.717) is 12.7 Å². The lowest BCUT2D eigenvalue weighted by atomic mass is 10.5. The van der Waals surface area contributed by atoms with Crippen LogP contribution in [-0.4, -0.2) is 44.2 Å². The Morgan fingerprint density at radius 3 is 1.70 bits per heavy atom.